The van der Waals surface area contributed by atoms with Crippen LogP contribution in [-0.4, -0.2) is 26.9 Å². The zero-order chi connectivity index (χ0) is 7.66. The molecule has 0 aliphatic carbocycles. The number of hydrogen-bond donors (Lipinski definition) is 0. The molecule has 2 nitrogen and oxygen atoms in total. The maximum absolute atomic E-state index is 5.12. The zero-order valence-electron chi connectivity index (χ0n) is 6.38. The Hall–Kier alpha value is -0.600. The van der Waals surface area contributed by atoms with Crippen molar-refractivity contribution in [1.29, 1.82) is 0 Å². The highest BCUT2D eigenvalue weighted by Crippen LogP contribution is 1.78. The third-order valence-corrected chi connectivity index (χ3v) is 0.918. The molecule has 0 radical (unpaired) electrons. The number of allylic oxidation sites excluding steroid dienone is 2. The van der Waals surface area contributed by atoms with Crippen molar-refractivity contribution >= 4 is 0 Å². The maximum atomic E-state index is 5.12. The molecular formula is C8H14O2. The third-order valence-electron chi connectivity index (χ3n) is 0.918. The first kappa shape index (κ1) is 9.40. The summed E-state index contributed by atoms with van der Waals surface area (Å²) in [5.41, 5.74) is 0. The lowest BCUT2D eigenvalue weighted by molar-refractivity contribution is 0.0853. The second-order valence-corrected chi connectivity index (χ2v) is 1.73. The Bertz CT molecular complexity index is 97.4. The molecule has 0 spiro atoms. The molecule has 0 atom stereocenters. The Balaban J connectivity index is 2.90. The van der Waals surface area contributed by atoms with E-state index in [1.165, 1.54) is 0 Å². The van der Waals surface area contributed by atoms with Gasteiger partial charge in [0, 0.05) is 7.11 Å². The summed E-state index contributed by atoms with van der Waals surface area (Å²) in [6, 6.07) is 0. The van der Waals surface area contributed by atoms with E-state index in [4.69, 9.17) is 9.47 Å². The lowest BCUT2D eigenvalue weighted by Crippen LogP contribution is -2.00. The number of ether oxygens (including phenoxy) is 2. The molecule has 0 aromatic carbocycles. The minimum Gasteiger partial charge on any atom is -0.382 e. The van der Waals surface area contributed by atoms with Crippen LogP contribution in [0.15, 0.2) is 24.8 Å². The molecule has 0 saturated heterocycles. The van der Waals surface area contributed by atoms with Crippen molar-refractivity contribution in [3.8, 4) is 0 Å². The Morgan fingerprint density at radius 2 is 2.20 bits per heavy atom. The highest BCUT2D eigenvalue weighted by atomic mass is 16.5. The molecule has 10 heavy (non-hydrogen) atoms. The summed E-state index contributed by atoms with van der Waals surface area (Å²) < 4.78 is 9.90. The first-order chi connectivity index (χ1) is 4.91. The lowest BCUT2D eigenvalue weighted by Gasteiger charge is -1.97. The van der Waals surface area contributed by atoms with Crippen LogP contribution in [-0.2, 0) is 9.47 Å². The summed E-state index contributed by atoms with van der Waals surface area (Å²) in [4.78, 5) is 0. The van der Waals surface area contributed by atoms with Crippen LogP contribution in [0.5, 0.6) is 0 Å². The van der Waals surface area contributed by atoms with Gasteiger partial charge in [-0.1, -0.05) is 24.8 Å². The quantitative estimate of drug-likeness (QED) is 0.412. The van der Waals surface area contributed by atoms with Gasteiger partial charge in [0.25, 0.3) is 0 Å². The summed E-state index contributed by atoms with van der Waals surface area (Å²) in [6.45, 7) is 5.47. The molecule has 0 saturated carbocycles. The second-order valence-electron chi connectivity index (χ2n) is 1.73. The normalized spacial score (nSPS) is 10.5. The van der Waals surface area contributed by atoms with E-state index in [2.05, 4.69) is 6.58 Å². The molecule has 0 N–H and O–H groups in total. The van der Waals surface area contributed by atoms with Gasteiger partial charge in [-0.15, -0.1) is 0 Å². The summed E-state index contributed by atoms with van der Waals surface area (Å²) in [5.74, 6) is 0. The number of hydrogen-bond acceptors (Lipinski definition) is 2. The lowest BCUT2D eigenvalue weighted by atomic mass is 10.5. The van der Waals surface area contributed by atoms with E-state index in [1.807, 2.05) is 12.2 Å². The first-order valence-corrected chi connectivity index (χ1v) is 3.26. The molecule has 0 amide bonds. The summed E-state index contributed by atoms with van der Waals surface area (Å²) in [6.07, 6.45) is 5.48. The smallest absolute Gasteiger partial charge is 0.0704 e. The Labute approximate surface area is 62.1 Å². The Morgan fingerprint density at radius 3 is 2.80 bits per heavy atom. The topological polar surface area (TPSA) is 18.5 Å². The van der Waals surface area contributed by atoms with Crippen LogP contribution in [0.4, 0.5) is 0 Å². The van der Waals surface area contributed by atoms with E-state index in [1.54, 1.807) is 13.2 Å². The van der Waals surface area contributed by atoms with Crippen LogP contribution >= 0.6 is 0 Å². The molecule has 0 aromatic rings. The van der Waals surface area contributed by atoms with Gasteiger partial charge in [-0.25, -0.2) is 0 Å². The summed E-state index contributed by atoms with van der Waals surface area (Å²) in [7, 11) is 1.66. The molecule has 0 aromatic heterocycles. The third kappa shape index (κ3) is 7.40. The van der Waals surface area contributed by atoms with Gasteiger partial charge >= 0.3 is 0 Å². The molecule has 2 heteroatoms. The monoisotopic (exact) mass is 142 g/mol. The van der Waals surface area contributed by atoms with Gasteiger partial charge in [-0.2, -0.15) is 0 Å². The van der Waals surface area contributed by atoms with E-state index in [-0.39, 0.29) is 0 Å². The Morgan fingerprint density at radius 1 is 1.40 bits per heavy atom. The fourth-order valence-corrected chi connectivity index (χ4v) is 0.445. The van der Waals surface area contributed by atoms with Crippen LogP contribution in [0.3, 0.4) is 0 Å². The van der Waals surface area contributed by atoms with E-state index < -0.39 is 0 Å². The van der Waals surface area contributed by atoms with Crippen molar-refractivity contribution in [2.75, 3.05) is 26.9 Å². The minimum absolute atomic E-state index is 0.634. The fourth-order valence-electron chi connectivity index (χ4n) is 0.445. The molecule has 0 heterocycles. The van der Waals surface area contributed by atoms with Crippen molar-refractivity contribution in [2.24, 2.45) is 0 Å². The van der Waals surface area contributed by atoms with Gasteiger partial charge in [0.05, 0.1) is 19.8 Å². The van der Waals surface area contributed by atoms with Crippen LogP contribution in [0.2, 0.25) is 0 Å². The average molecular weight is 142 g/mol. The molecular weight excluding hydrogens is 128 g/mol. The summed E-state index contributed by atoms with van der Waals surface area (Å²) >= 11 is 0. The van der Waals surface area contributed by atoms with E-state index >= 15 is 0 Å². The zero-order valence-corrected chi connectivity index (χ0v) is 6.38. The van der Waals surface area contributed by atoms with E-state index in [0.717, 1.165) is 0 Å². The van der Waals surface area contributed by atoms with Crippen molar-refractivity contribution in [3.05, 3.63) is 24.8 Å². The highest BCUT2D eigenvalue weighted by Gasteiger charge is 1.80. The van der Waals surface area contributed by atoms with Crippen LogP contribution < -0.4 is 0 Å². The van der Waals surface area contributed by atoms with Crippen molar-refractivity contribution < 1.29 is 9.47 Å². The van der Waals surface area contributed by atoms with Crippen molar-refractivity contribution in [2.45, 2.75) is 0 Å². The predicted molar refractivity (Wildman–Crippen MR) is 42.0 cm³/mol. The van der Waals surface area contributed by atoms with Gasteiger partial charge in [0.1, 0.15) is 0 Å². The molecule has 0 aliphatic rings. The first-order valence-electron chi connectivity index (χ1n) is 3.26. The van der Waals surface area contributed by atoms with Gasteiger partial charge in [-0.05, 0) is 0 Å². The van der Waals surface area contributed by atoms with E-state index in [9.17, 15) is 0 Å². The molecule has 58 valence electrons. The largest absolute Gasteiger partial charge is 0.382 e. The van der Waals surface area contributed by atoms with Crippen LogP contribution in [0.1, 0.15) is 0 Å². The van der Waals surface area contributed by atoms with Gasteiger partial charge in [0.15, 0.2) is 0 Å². The van der Waals surface area contributed by atoms with Gasteiger partial charge in [-0.3, -0.25) is 0 Å². The summed E-state index contributed by atoms with van der Waals surface area (Å²) in [5, 5.41) is 0. The molecule has 0 fully saturated rings. The van der Waals surface area contributed by atoms with E-state index in [0.29, 0.717) is 19.8 Å². The molecule has 0 unspecified atom stereocenters. The van der Waals surface area contributed by atoms with Crippen molar-refractivity contribution in [3.63, 3.8) is 0 Å². The molecule has 0 rings (SSSR count). The van der Waals surface area contributed by atoms with Crippen LogP contribution in [0.25, 0.3) is 0 Å². The molecule has 0 bridgehead atoms. The standard InChI is InChI=1S/C8H14O2/c1-3-4-5-6-10-8-7-9-2/h3-5H,1,6-8H2,2H3. The number of rotatable bonds is 6. The molecule has 0 aliphatic heterocycles. The van der Waals surface area contributed by atoms with Crippen LogP contribution in [0, 0.1) is 0 Å². The highest BCUT2D eigenvalue weighted by molar-refractivity contribution is 4.96. The minimum atomic E-state index is 0.634. The van der Waals surface area contributed by atoms with Crippen molar-refractivity contribution in [1.82, 2.24) is 0 Å². The predicted octanol–water partition coefficient (Wildman–Crippen LogP) is 1.39. The fraction of sp³-hybridized carbons (Fsp3) is 0.500. The van der Waals surface area contributed by atoms with Gasteiger partial charge < -0.3 is 9.47 Å². The average Bonchev–Trinajstić information content (AvgIpc) is 1.97. The SMILES string of the molecule is C=CC=CCOCCOC. The maximum Gasteiger partial charge on any atom is 0.0704 e. The van der Waals surface area contributed by atoms with Gasteiger partial charge in [0.2, 0.25) is 0 Å². The second kappa shape index (κ2) is 8.40. The Kier molecular flexibility index (Phi) is 7.90. The number of methoxy groups -OCH3 is 1.